The molecule has 0 spiro atoms. The molecule has 4 unspecified atom stereocenters. The number of aliphatic carboxylic acids is 1. The molecule has 0 bridgehead atoms. The van der Waals surface area contributed by atoms with Crippen molar-refractivity contribution in [3.8, 4) is 5.75 Å². The maximum atomic E-state index is 13.2. The third-order valence-corrected chi connectivity index (χ3v) is 5.16. The average Bonchev–Trinajstić information content (AvgIpc) is 2.82. The third kappa shape index (κ3) is 9.07. The molecule has 0 fully saturated rings. The van der Waals surface area contributed by atoms with Crippen LogP contribution in [0.5, 0.6) is 5.75 Å². The van der Waals surface area contributed by atoms with E-state index in [0.717, 1.165) is 5.56 Å². The van der Waals surface area contributed by atoms with E-state index in [2.05, 4.69) is 16.0 Å². The Bertz CT molecular complexity index is 1010. The van der Waals surface area contributed by atoms with Gasteiger partial charge in [0.1, 0.15) is 30.4 Å². The van der Waals surface area contributed by atoms with E-state index in [1.54, 1.807) is 42.5 Å². The van der Waals surface area contributed by atoms with Crippen LogP contribution in [0, 0.1) is 0 Å². The topological polar surface area (TPSA) is 191 Å². The maximum absolute atomic E-state index is 13.2. The number of hydrogen-bond acceptors (Lipinski definition) is 7. The number of benzene rings is 2. The molecule has 0 aromatic heterocycles. The second-order valence-electron chi connectivity index (χ2n) is 8.06. The molecule has 188 valence electrons. The number of nitrogens with two attached hydrogens (primary N) is 1. The molecular weight excluding hydrogens is 456 g/mol. The molecule has 2 aromatic carbocycles. The number of rotatable bonds is 12. The zero-order valence-electron chi connectivity index (χ0n) is 19.2. The van der Waals surface area contributed by atoms with Crippen LogP contribution in [0.4, 0.5) is 0 Å². The lowest BCUT2D eigenvalue weighted by molar-refractivity contribution is -0.138. The van der Waals surface area contributed by atoms with Crippen LogP contribution in [0.3, 0.4) is 0 Å². The van der Waals surface area contributed by atoms with Crippen molar-refractivity contribution in [1.82, 2.24) is 16.0 Å². The Morgan fingerprint density at radius 3 is 1.89 bits per heavy atom. The van der Waals surface area contributed by atoms with Crippen LogP contribution < -0.4 is 21.7 Å². The standard InChI is InChI=1S/C24H30N4O7/c1-14(29)21(25)24(35)28-19(11-15-5-3-2-4-6-15)23(34)27-18(22(33)26-13-20(31)32)12-16-7-9-17(30)10-8-16/h2-10,14,18-19,21,29-30H,11-13,25H2,1H3,(H,26,33)(H,27,34)(H,28,35)(H,31,32). The summed E-state index contributed by atoms with van der Waals surface area (Å²) < 4.78 is 0. The zero-order chi connectivity index (χ0) is 26.0. The second-order valence-corrected chi connectivity index (χ2v) is 8.06. The molecular formula is C24H30N4O7. The number of aromatic hydroxyl groups is 1. The van der Waals surface area contributed by atoms with Gasteiger partial charge in [-0.05, 0) is 30.2 Å². The van der Waals surface area contributed by atoms with Gasteiger partial charge in [-0.3, -0.25) is 19.2 Å². The number of hydrogen-bond donors (Lipinski definition) is 7. The molecule has 0 saturated heterocycles. The van der Waals surface area contributed by atoms with E-state index in [4.69, 9.17) is 10.8 Å². The first kappa shape index (κ1) is 27.3. The van der Waals surface area contributed by atoms with Crippen molar-refractivity contribution in [2.75, 3.05) is 6.54 Å². The number of amides is 3. The lowest BCUT2D eigenvalue weighted by Gasteiger charge is -2.25. The lowest BCUT2D eigenvalue weighted by atomic mass is 10.0. The van der Waals surface area contributed by atoms with Crippen LogP contribution in [0.1, 0.15) is 18.1 Å². The Morgan fingerprint density at radius 1 is 0.829 bits per heavy atom. The fourth-order valence-electron chi connectivity index (χ4n) is 3.18. The second kappa shape index (κ2) is 13.1. The van der Waals surface area contributed by atoms with Gasteiger partial charge in [-0.25, -0.2) is 0 Å². The highest BCUT2D eigenvalue weighted by Crippen LogP contribution is 2.12. The van der Waals surface area contributed by atoms with Gasteiger partial charge in [-0.1, -0.05) is 42.5 Å². The highest BCUT2D eigenvalue weighted by Gasteiger charge is 2.29. The summed E-state index contributed by atoms with van der Waals surface area (Å²) in [7, 11) is 0. The first-order valence-electron chi connectivity index (χ1n) is 10.9. The van der Waals surface area contributed by atoms with Crippen LogP contribution in [0.15, 0.2) is 54.6 Å². The van der Waals surface area contributed by atoms with Gasteiger partial charge in [0.25, 0.3) is 0 Å². The van der Waals surface area contributed by atoms with Crippen LogP contribution in [0.25, 0.3) is 0 Å². The number of aliphatic hydroxyl groups excluding tert-OH is 1. The molecule has 3 amide bonds. The number of aliphatic hydroxyl groups is 1. The van der Waals surface area contributed by atoms with Crippen molar-refractivity contribution in [3.05, 3.63) is 65.7 Å². The van der Waals surface area contributed by atoms with Gasteiger partial charge in [-0.2, -0.15) is 0 Å². The Hall–Kier alpha value is -3.96. The van der Waals surface area contributed by atoms with Crippen LogP contribution in [-0.2, 0) is 32.0 Å². The van der Waals surface area contributed by atoms with Crippen LogP contribution in [0.2, 0.25) is 0 Å². The van der Waals surface area contributed by atoms with Crippen molar-refractivity contribution in [3.63, 3.8) is 0 Å². The fourth-order valence-corrected chi connectivity index (χ4v) is 3.18. The molecule has 8 N–H and O–H groups in total. The maximum Gasteiger partial charge on any atom is 0.322 e. The van der Waals surface area contributed by atoms with Crippen LogP contribution in [-0.4, -0.2) is 69.8 Å². The Labute approximate surface area is 202 Å². The largest absolute Gasteiger partial charge is 0.508 e. The van der Waals surface area contributed by atoms with Gasteiger partial charge in [0.2, 0.25) is 17.7 Å². The number of carboxylic acid groups (broad SMARTS) is 1. The molecule has 4 atom stereocenters. The van der Waals surface area contributed by atoms with Crippen molar-refractivity contribution in [1.29, 1.82) is 0 Å². The summed E-state index contributed by atoms with van der Waals surface area (Å²) in [5, 5.41) is 35.3. The summed E-state index contributed by atoms with van der Waals surface area (Å²) in [5.41, 5.74) is 7.02. The minimum absolute atomic E-state index is 0.00331. The van der Waals surface area contributed by atoms with E-state index in [1.807, 2.05) is 0 Å². The van der Waals surface area contributed by atoms with Crippen LogP contribution >= 0.6 is 0 Å². The van der Waals surface area contributed by atoms with Crippen molar-refractivity contribution in [2.24, 2.45) is 5.73 Å². The predicted molar refractivity (Wildman–Crippen MR) is 126 cm³/mol. The van der Waals surface area contributed by atoms with E-state index >= 15 is 0 Å². The number of carboxylic acids is 1. The quantitative estimate of drug-likeness (QED) is 0.200. The number of carbonyl (C=O) groups is 4. The molecule has 35 heavy (non-hydrogen) atoms. The molecule has 0 heterocycles. The molecule has 0 aliphatic carbocycles. The molecule has 0 radical (unpaired) electrons. The highest BCUT2D eigenvalue weighted by molar-refractivity contribution is 5.94. The molecule has 11 nitrogen and oxygen atoms in total. The summed E-state index contributed by atoms with van der Waals surface area (Å²) in [6.07, 6.45) is -1.08. The molecule has 2 rings (SSSR count). The van der Waals surface area contributed by atoms with Crippen molar-refractivity contribution >= 4 is 23.7 Å². The van der Waals surface area contributed by atoms with Gasteiger partial charge in [0.15, 0.2) is 0 Å². The van der Waals surface area contributed by atoms with Gasteiger partial charge < -0.3 is 37.0 Å². The predicted octanol–water partition coefficient (Wildman–Crippen LogP) is -0.944. The van der Waals surface area contributed by atoms with E-state index in [-0.39, 0.29) is 18.6 Å². The summed E-state index contributed by atoms with van der Waals surface area (Å²) in [5.74, 6) is -3.42. The average molecular weight is 487 g/mol. The Morgan fingerprint density at radius 2 is 1.34 bits per heavy atom. The summed E-state index contributed by atoms with van der Waals surface area (Å²) >= 11 is 0. The van der Waals surface area contributed by atoms with Crippen molar-refractivity contribution in [2.45, 2.75) is 44.0 Å². The normalized spacial score (nSPS) is 14.1. The van der Waals surface area contributed by atoms with Crippen molar-refractivity contribution < 1.29 is 34.5 Å². The van der Waals surface area contributed by atoms with E-state index in [9.17, 15) is 29.4 Å². The van der Waals surface area contributed by atoms with Gasteiger partial charge in [0, 0.05) is 12.8 Å². The van der Waals surface area contributed by atoms with Gasteiger partial charge >= 0.3 is 5.97 Å². The molecule has 11 heteroatoms. The molecule has 0 aliphatic heterocycles. The van der Waals surface area contributed by atoms with E-state index < -0.39 is 54.5 Å². The third-order valence-electron chi connectivity index (χ3n) is 5.16. The first-order valence-corrected chi connectivity index (χ1v) is 10.9. The highest BCUT2D eigenvalue weighted by atomic mass is 16.4. The van der Waals surface area contributed by atoms with E-state index in [1.165, 1.54) is 19.1 Å². The zero-order valence-corrected chi connectivity index (χ0v) is 19.2. The fraction of sp³-hybridized carbons (Fsp3) is 0.333. The Kier molecular flexibility index (Phi) is 10.2. The Balaban J connectivity index is 2.25. The van der Waals surface area contributed by atoms with E-state index in [0.29, 0.717) is 5.56 Å². The molecule has 0 saturated carbocycles. The van der Waals surface area contributed by atoms with Gasteiger partial charge in [0.05, 0.1) is 6.10 Å². The first-order chi connectivity index (χ1) is 16.6. The minimum atomic E-state index is -1.27. The lowest BCUT2D eigenvalue weighted by Crippen LogP contribution is -2.58. The number of phenols is 1. The minimum Gasteiger partial charge on any atom is -0.508 e. The number of phenolic OH excluding ortho intramolecular Hbond substituents is 1. The molecule has 0 aliphatic rings. The monoisotopic (exact) mass is 486 g/mol. The SMILES string of the molecule is CC(O)C(N)C(=O)NC(Cc1ccccc1)C(=O)NC(Cc1ccc(O)cc1)C(=O)NCC(=O)O. The summed E-state index contributed by atoms with van der Waals surface area (Å²) in [4.78, 5) is 49.2. The number of carbonyl (C=O) groups excluding carboxylic acids is 3. The summed E-state index contributed by atoms with van der Waals surface area (Å²) in [6.45, 7) is 0.700. The number of nitrogens with one attached hydrogen (secondary N) is 3. The molecule has 2 aromatic rings. The summed E-state index contributed by atoms with van der Waals surface area (Å²) in [6, 6.07) is 11.2. The smallest absolute Gasteiger partial charge is 0.322 e. The van der Waals surface area contributed by atoms with Gasteiger partial charge in [-0.15, -0.1) is 0 Å².